The van der Waals surface area contributed by atoms with Gasteiger partial charge in [0.2, 0.25) is 0 Å². The van der Waals surface area contributed by atoms with Crippen LogP contribution in [0.15, 0.2) is 18.5 Å². The van der Waals surface area contributed by atoms with Crippen molar-refractivity contribution in [2.45, 2.75) is 18.8 Å². The number of hydrogen-bond donors (Lipinski definition) is 1. The monoisotopic (exact) mass is 192 g/mol. The predicted octanol–water partition coefficient (Wildman–Crippen LogP) is 1.56. The minimum absolute atomic E-state index is 0.634. The smallest absolute Gasteiger partial charge is 0.140 e. The van der Waals surface area contributed by atoms with E-state index in [0.717, 1.165) is 18.8 Å². The maximum absolute atomic E-state index is 5.32. The van der Waals surface area contributed by atoms with Gasteiger partial charge in [-0.3, -0.25) is 4.98 Å². The SMILES string of the molecule is COc1cnccc1C1CCNCC1. The van der Waals surface area contributed by atoms with Crippen LogP contribution < -0.4 is 10.1 Å². The third-order valence-corrected chi connectivity index (χ3v) is 2.82. The Morgan fingerprint density at radius 3 is 2.93 bits per heavy atom. The topological polar surface area (TPSA) is 34.1 Å². The van der Waals surface area contributed by atoms with E-state index >= 15 is 0 Å². The number of hydrogen-bond acceptors (Lipinski definition) is 3. The number of nitrogens with one attached hydrogen (secondary N) is 1. The molecule has 2 heterocycles. The molecule has 0 radical (unpaired) electrons. The summed E-state index contributed by atoms with van der Waals surface area (Å²) in [6.07, 6.45) is 6.04. The van der Waals surface area contributed by atoms with Gasteiger partial charge in [0.15, 0.2) is 0 Å². The van der Waals surface area contributed by atoms with E-state index in [1.54, 1.807) is 13.3 Å². The van der Waals surface area contributed by atoms with Crippen molar-refractivity contribution in [1.82, 2.24) is 10.3 Å². The van der Waals surface area contributed by atoms with Crippen molar-refractivity contribution in [3.63, 3.8) is 0 Å². The molecule has 76 valence electrons. The van der Waals surface area contributed by atoms with Crippen LogP contribution in [0.5, 0.6) is 5.75 Å². The van der Waals surface area contributed by atoms with E-state index in [2.05, 4.69) is 16.4 Å². The molecule has 1 aromatic heterocycles. The number of aromatic nitrogens is 1. The Balaban J connectivity index is 2.20. The average Bonchev–Trinajstić information content (AvgIpc) is 2.30. The second-order valence-electron chi connectivity index (χ2n) is 3.64. The average molecular weight is 192 g/mol. The molecule has 1 N–H and O–H groups in total. The molecule has 1 aliphatic heterocycles. The first-order chi connectivity index (χ1) is 6.92. The Hall–Kier alpha value is -1.09. The van der Waals surface area contributed by atoms with Gasteiger partial charge < -0.3 is 10.1 Å². The largest absolute Gasteiger partial charge is 0.495 e. The van der Waals surface area contributed by atoms with Crippen LogP contribution in [0.2, 0.25) is 0 Å². The molecule has 0 amide bonds. The van der Waals surface area contributed by atoms with Crippen LogP contribution >= 0.6 is 0 Å². The summed E-state index contributed by atoms with van der Waals surface area (Å²) in [4.78, 5) is 4.07. The predicted molar refractivity (Wildman–Crippen MR) is 55.6 cm³/mol. The van der Waals surface area contributed by atoms with Crippen LogP contribution in [-0.2, 0) is 0 Å². The Morgan fingerprint density at radius 2 is 2.21 bits per heavy atom. The molecular weight excluding hydrogens is 176 g/mol. The van der Waals surface area contributed by atoms with Crippen LogP contribution in [0.4, 0.5) is 0 Å². The van der Waals surface area contributed by atoms with E-state index < -0.39 is 0 Å². The summed E-state index contributed by atoms with van der Waals surface area (Å²) in [5.41, 5.74) is 1.31. The normalized spacial score (nSPS) is 18.1. The number of piperidine rings is 1. The molecule has 14 heavy (non-hydrogen) atoms. The Bertz CT molecular complexity index is 295. The number of rotatable bonds is 2. The highest BCUT2D eigenvalue weighted by Crippen LogP contribution is 2.31. The Morgan fingerprint density at radius 1 is 1.43 bits per heavy atom. The van der Waals surface area contributed by atoms with Gasteiger partial charge in [0.1, 0.15) is 5.75 Å². The summed E-state index contributed by atoms with van der Waals surface area (Å²) in [5, 5.41) is 3.37. The van der Waals surface area contributed by atoms with Crippen molar-refractivity contribution < 1.29 is 4.74 Å². The van der Waals surface area contributed by atoms with Gasteiger partial charge in [0.25, 0.3) is 0 Å². The molecule has 1 aromatic rings. The molecule has 3 heteroatoms. The number of methoxy groups -OCH3 is 1. The zero-order valence-electron chi connectivity index (χ0n) is 8.49. The number of ether oxygens (including phenoxy) is 1. The molecule has 2 rings (SSSR count). The van der Waals surface area contributed by atoms with Crippen molar-refractivity contribution >= 4 is 0 Å². The van der Waals surface area contributed by atoms with E-state index in [4.69, 9.17) is 4.74 Å². The molecule has 0 spiro atoms. The number of nitrogens with zero attached hydrogens (tertiary/aromatic N) is 1. The third-order valence-electron chi connectivity index (χ3n) is 2.82. The summed E-state index contributed by atoms with van der Waals surface area (Å²) in [6, 6.07) is 2.08. The van der Waals surface area contributed by atoms with E-state index in [-0.39, 0.29) is 0 Å². The van der Waals surface area contributed by atoms with Crippen LogP contribution in [0.3, 0.4) is 0 Å². The maximum Gasteiger partial charge on any atom is 0.140 e. The van der Waals surface area contributed by atoms with Crippen molar-refractivity contribution in [2.75, 3.05) is 20.2 Å². The van der Waals surface area contributed by atoms with Gasteiger partial charge in [-0.15, -0.1) is 0 Å². The van der Waals surface area contributed by atoms with Crippen molar-refractivity contribution in [2.24, 2.45) is 0 Å². The van der Waals surface area contributed by atoms with Crippen LogP contribution in [0.1, 0.15) is 24.3 Å². The fourth-order valence-corrected chi connectivity index (χ4v) is 2.03. The first-order valence-corrected chi connectivity index (χ1v) is 5.10. The minimum atomic E-state index is 0.634. The zero-order valence-corrected chi connectivity index (χ0v) is 8.49. The molecular formula is C11H16N2O. The lowest BCUT2D eigenvalue weighted by Crippen LogP contribution is -2.26. The van der Waals surface area contributed by atoms with Crippen molar-refractivity contribution in [3.8, 4) is 5.75 Å². The molecule has 0 aliphatic carbocycles. The van der Waals surface area contributed by atoms with Gasteiger partial charge in [-0.1, -0.05) is 0 Å². The molecule has 3 nitrogen and oxygen atoms in total. The summed E-state index contributed by atoms with van der Waals surface area (Å²) >= 11 is 0. The second-order valence-corrected chi connectivity index (χ2v) is 3.64. The zero-order chi connectivity index (χ0) is 9.80. The first kappa shape index (κ1) is 9.46. The fraction of sp³-hybridized carbons (Fsp3) is 0.545. The minimum Gasteiger partial charge on any atom is -0.495 e. The molecule has 0 aromatic carbocycles. The summed E-state index contributed by atoms with van der Waals surface area (Å²) in [6.45, 7) is 2.21. The van der Waals surface area contributed by atoms with Crippen LogP contribution in [0.25, 0.3) is 0 Å². The van der Waals surface area contributed by atoms with E-state index in [1.165, 1.54) is 18.4 Å². The van der Waals surface area contributed by atoms with Gasteiger partial charge in [0, 0.05) is 11.8 Å². The van der Waals surface area contributed by atoms with Crippen molar-refractivity contribution in [1.29, 1.82) is 0 Å². The Labute approximate surface area is 84.5 Å². The van der Waals surface area contributed by atoms with Gasteiger partial charge in [-0.05, 0) is 37.9 Å². The fourth-order valence-electron chi connectivity index (χ4n) is 2.03. The molecule has 1 fully saturated rings. The summed E-state index contributed by atoms with van der Waals surface area (Å²) in [5.74, 6) is 1.56. The lowest BCUT2D eigenvalue weighted by molar-refractivity contribution is 0.390. The second kappa shape index (κ2) is 4.42. The molecule has 1 saturated heterocycles. The molecule has 0 saturated carbocycles. The van der Waals surface area contributed by atoms with Gasteiger partial charge in [-0.25, -0.2) is 0 Å². The molecule has 1 aliphatic rings. The van der Waals surface area contributed by atoms with Gasteiger partial charge >= 0.3 is 0 Å². The first-order valence-electron chi connectivity index (χ1n) is 5.10. The van der Waals surface area contributed by atoms with Gasteiger partial charge in [0.05, 0.1) is 13.3 Å². The van der Waals surface area contributed by atoms with E-state index in [1.807, 2.05) is 6.20 Å². The number of pyridine rings is 1. The van der Waals surface area contributed by atoms with Crippen LogP contribution in [0, 0.1) is 0 Å². The lowest BCUT2D eigenvalue weighted by Gasteiger charge is -2.24. The third kappa shape index (κ3) is 1.87. The quantitative estimate of drug-likeness (QED) is 0.772. The highest BCUT2D eigenvalue weighted by atomic mass is 16.5. The van der Waals surface area contributed by atoms with E-state index in [9.17, 15) is 0 Å². The van der Waals surface area contributed by atoms with Crippen LogP contribution in [-0.4, -0.2) is 25.2 Å². The molecule has 0 bridgehead atoms. The van der Waals surface area contributed by atoms with Crippen molar-refractivity contribution in [3.05, 3.63) is 24.0 Å². The van der Waals surface area contributed by atoms with Gasteiger partial charge in [-0.2, -0.15) is 0 Å². The summed E-state index contributed by atoms with van der Waals surface area (Å²) in [7, 11) is 1.71. The maximum atomic E-state index is 5.32. The molecule has 0 unspecified atom stereocenters. The molecule has 0 atom stereocenters. The Kier molecular flexibility index (Phi) is 2.99. The summed E-state index contributed by atoms with van der Waals surface area (Å²) < 4.78 is 5.32. The standard InChI is InChI=1S/C11H16N2O/c1-14-11-8-13-7-4-10(11)9-2-5-12-6-3-9/h4,7-9,12H,2-3,5-6H2,1H3. The highest BCUT2D eigenvalue weighted by molar-refractivity contribution is 5.33. The highest BCUT2D eigenvalue weighted by Gasteiger charge is 2.18. The lowest BCUT2D eigenvalue weighted by atomic mass is 9.90. The van der Waals surface area contributed by atoms with E-state index in [0.29, 0.717) is 5.92 Å².